The molecule has 0 saturated heterocycles. The van der Waals surface area contributed by atoms with Crippen LogP contribution in [0.4, 0.5) is 4.39 Å². The first-order valence-electron chi connectivity index (χ1n) is 8.07. The molecule has 1 N–H and O–H groups in total. The molecule has 0 spiro atoms. The number of benzene rings is 2. The molecule has 0 aliphatic heterocycles. The number of hydrogen-bond acceptors (Lipinski definition) is 4. The molecule has 0 unspecified atom stereocenters. The highest BCUT2D eigenvalue weighted by atomic mass is 32.2. The summed E-state index contributed by atoms with van der Waals surface area (Å²) in [5.41, 5.74) is 1.99. The van der Waals surface area contributed by atoms with E-state index < -0.39 is 0 Å². The van der Waals surface area contributed by atoms with Crippen LogP contribution in [0.3, 0.4) is 0 Å². The summed E-state index contributed by atoms with van der Waals surface area (Å²) >= 11 is 1.47. The summed E-state index contributed by atoms with van der Waals surface area (Å²) in [5, 5.41) is 5.27. The Bertz CT molecular complexity index is 1110. The molecule has 5 nitrogen and oxygen atoms in total. The second-order valence-corrected chi connectivity index (χ2v) is 7.14. The smallest absolute Gasteiger partial charge is 0.262 e. The van der Waals surface area contributed by atoms with Crippen LogP contribution in [-0.4, -0.2) is 19.7 Å². The van der Waals surface area contributed by atoms with Crippen LogP contribution in [0, 0.1) is 5.82 Å². The maximum atomic E-state index is 13.2. The van der Waals surface area contributed by atoms with Crippen molar-refractivity contribution in [2.75, 3.05) is 0 Å². The highest BCUT2D eigenvalue weighted by molar-refractivity contribution is 7.99. The predicted molar refractivity (Wildman–Crippen MR) is 100 cm³/mol. The minimum absolute atomic E-state index is 0.124. The summed E-state index contributed by atoms with van der Waals surface area (Å²) in [6, 6.07) is 15.9. The monoisotopic (exact) mass is 366 g/mol. The summed E-state index contributed by atoms with van der Waals surface area (Å²) in [6.07, 6.45) is 1.47. The molecular weight excluding hydrogens is 351 g/mol. The average molecular weight is 366 g/mol. The van der Waals surface area contributed by atoms with E-state index >= 15 is 0 Å². The number of rotatable bonds is 4. The Morgan fingerprint density at radius 1 is 1.12 bits per heavy atom. The molecule has 7 heteroatoms. The third-order valence-corrected chi connectivity index (χ3v) is 5.09. The number of H-pyrrole nitrogens is 1. The molecule has 2 aromatic carbocycles. The van der Waals surface area contributed by atoms with Crippen molar-refractivity contribution in [3.63, 3.8) is 0 Å². The van der Waals surface area contributed by atoms with E-state index in [2.05, 4.69) is 22.0 Å². The van der Waals surface area contributed by atoms with Gasteiger partial charge in [-0.15, -0.1) is 0 Å². The number of nitrogens with zero attached hydrogens (tertiary/aromatic N) is 3. The molecule has 0 radical (unpaired) electrons. The van der Waals surface area contributed by atoms with Crippen LogP contribution in [-0.2, 0) is 0 Å². The van der Waals surface area contributed by atoms with Gasteiger partial charge in [-0.1, -0.05) is 42.1 Å². The van der Waals surface area contributed by atoms with Gasteiger partial charge in [-0.3, -0.25) is 4.79 Å². The number of hydrogen-bond donors (Lipinski definition) is 1. The molecule has 0 aliphatic rings. The summed E-state index contributed by atoms with van der Waals surface area (Å²) in [7, 11) is 0. The fourth-order valence-electron chi connectivity index (χ4n) is 2.68. The Morgan fingerprint density at radius 2 is 1.85 bits per heavy atom. The number of nitrogens with one attached hydrogen (secondary N) is 1. The van der Waals surface area contributed by atoms with Gasteiger partial charge in [0, 0.05) is 5.25 Å². The van der Waals surface area contributed by atoms with E-state index in [1.807, 2.05) is 30.3 Å². The van der Waals surface area contributed by atoms with Crippen molar-refractivity contribution < 1.29 is 4.39 Å². The van der Waals surface area contributed by atoms with Crippen molar-refractivity contribution in [1.82, 2.24) is 19.7 Å². The summed E-state index contributed by atoms with van der Waals surface area (Å²) in [5.74, 6) is -0.330. The van der Waals surface area contributed by atoms with E-state index in [0.717, 1.165) is 5.56 Å². The number of fused-ring (bicyclic) bond motifs is 1. The Labute approximate surface area is 152 Å². The fourth-order valence-corrected chi connectivity index (χ4v) is 3.60. The number of halogens is 1. The number of aromatic amines is 1. The van der Waals surface area contributed by atoms with E-state index in [9.17, 15) is 9.18 Å². The minimum Gasteiger partial charge on any atom is -0.301 e. The molecule has 0 fully saturated rings. The molecule has 1 atom stereocenters. The second-order valence-electron chi connectivity index (χ2n) is 5.81. The third kappa shape index (κ3) is 3.13. The fraction of sp³-hybridized carbons (Fsp3) is 0.105. The molecule has 0 saturated carbocycles. The van der Waals surface area contributed by atoms with Gasteiger partial charge in [-0.05, 0) is 36.8 Å². The van der Waals surface area contributed by atoms with E-state index in [0.29, 0.717) is 21.9 Å². The van der Waals surface area contributed by atoms with Gasteiger partial charge in [0.05, 0.1) is 11.9 Å². The number of thioether (sulfide) groups is 1. The molecule has 2 heterocycles. The third-order valence-electron chi connectivity index (χ3n) is 4.04. The van der Waals surface area contributed by atoms with E-state index in [-0.39, 0.29) is 16.6 Å². The van der Waals surface area contributed by atoms with Gasteiger partial charge < -0.3 is 4.98 Å². The van der Waals surface area contributed by atoms with Crippen molar-refractivity contribution in [2.24, 2.45) is 0 Å². The van der Waals surface area contributed by atoms with E-state index in [1.165, 1.54) is 30.1 Å². The molecule has 0 aliphatic carbocycles. The van der Waals surface area contributed by atoms with Crippen molar-refractivity contribution in [3.05, 3.63) is 82.5 Å². The number of aromatic nitrogens is 4. The van der Waals surface area contributed by atoms with Crippen molar-refractivity contribution in [1.29, 1.82) is 0 Å². The van der Waals surface area contributed by atoms with Crippen molar-refractivity contribution in [2.45, 2.75) is 17.3 Å². The summed E-state index contributed by atoms with van der Waals surface area (Å²) < 4.78 is 14.7. The maximum Gasteiger partial charge on any atom is 0.262 e. The highest BCUT2D eigenvalue weighted by Crippen LogP contribution is 2.32. The first-order valence-corrected chi connectivity index (χ1v) is 8.95. The van der Waals surface area contributed by atoms with Crippen LogP contribution in [0.2, 0.25) is 0 Å². The molecule has 4 aromatic rings. The SMILES string of the molecule is C[C@H](Sc1nc2c(cnn2-c2ccc(F)cc2)c(=O)[nH]1)c1ccccc1. The van der Waals surface area contributed by atoms with Gasteiger partial charge in [-0.2, -0.15) is 5.10 Å². The molecule has 26 heavy (non-hydrogen) atoms. The normalized spacial score (nSPS) is 12.4. The van der Waals surface area contributed by atoms with Crippen molar-refractivity contribution in [3.8, 4) is 5.69 Å². The minimum atomic E-state index is -0.330. The lowest BCUT2D eigenvalue weighted by Crippen LogP contribution is -2.10. The second kappa shape index (κ2) is 6.76. The maximum absolute atomic E-state index is 13.2. The summed E-state index contributed by atoms with van der Waals surface area (Å²) in [4.78, 5) is 19.8. The van der Waals surface area contributed by atoms with Gasteiger partial charge in [0.15, 0.2) is 10.8 Å². The first-order chi connectivity index (χ1) is 12.6. The van der Waals surface area contributed by atoms with Gasteiger partial charge in [0.2, 0.25) is 0 Å². The van der Waals surface area contributed by atoms with Crippen LogP contribution >= 0.6 is 11.8 Å². The average Bonchev–Trinajstić information content (AvgIpc) is 3.07. The van der Waals surface area contributed by atoms with Gasteiger partial charge in [0.1, 0.15) is 11.2 Å². The van der Waals surface area contributed by atoms with E-state index in [4.69, 9.17) is 0 Å². The van der Waals surface area contributed by atoms with Gasteiger partial charge in [0.25, 0.3) is 5.56 Å². The molecule has 4 rings (SSSR count). The Balaban J connectivity index is 1.74. The van der Waals surface area contributed by atoms with Gasteiger partial charge >= 0.3 is 0 Å². The van der Waals surface area contributed by atoms with Crippen LogP contribution < -0.4 is 5.56 Å². The quantitative estimate of drug-likeness (QED) is 0.436. The van der Waals surface area contributed by atoms with E-state index in [1.54, 1.807) is 16.8 Å². The molecule has 0 bridgehead atoms. The Hall–Kier alpha value is -2.93. The van der Waals surface area contributed by atoms with Gasteiger partial charge in [-0.25, -0.2) is 14.1 Å². The van der Waals surface area contributed by atoms with Crippen LogP contribution in [0.5, 0.6) is 0 Å². The molecule has 130 valence electrons. The molecule has 2 aromatic heterocycles. The lowest BCUT2D eigenvalue weighted by atomic mass is 10.2. The zero-order valence-electron chi connectivity index (χ0n) is 13.9. The van der Waals surface area contributed by atoms with Crippen molar-refractivity contribution >= 4 is 22.8 Å². The summed E-state index contributed by atoms with van der Waals surface area (Å²) in [6.45, 7) is 2.06. The zero-order valence-corrected chi connectivity index (χ0v) is 14.7. The highest BCUT2D eigenvalue weighted by Gasteiger charge is 2.14. The lowest BCUT2D eigenvalue weighted by Gasteiger charge is -2.11. The topological polar surface area (TPSA) is 63.6 Å². The van der Waals surface area contributed by atoms with Crippen LogP contribution in [0.25, 0.3) is 16.7 Å². The standard InChI is InChI=1S/C19H15FN4OS/c1-12(13-5-3-2-4-6-13)26-19-22-17-16(18(25)23-19)11-21-24(17)15-9-7-14(20)8-10-15/h2-12H,1H3,(H,22,23,25)/t12-/m0/s1. The predicted octanol–water partition coefficient (Wildman–Crippen LogP) is 4.10. The molecule has 0 amide bonds. The zero-order chi connectivity index (χ0) is 18.1. The largest absolute Gasteiger partial charge is 0.301 e. The lowest BCUT2D eigenvalue weighted by molar-refractivity contribution is 0.627. The first kappa shape index (κ1) is 16.5. The molecular formula is C19H15FN4OS. The Morgan fingerprint density at radius 3 is 2.58 bits per heavy atom. The van der Waals surface area contributed by atoms with Crippen LogP contribution in [0.1, 0.15) is 17.7 Å². The Kier molecular flexibility index (Phi) is 4.30. The van der Waals surface area contributed by atoms with Crippen LogP contribution in [0.15, 0.2) is 70.7 Å².